The molecule has 0 bridgehead atoms. The van der Waals surface area contributed by atoms with Crippen LogP contribution in [0.25, 0.3) is 0 Å². The van der Waals surface area contributed by atoms with Gasteiger partial charge in [0, 0.05) is 6.61 Å². The minimum absolute atomic E-state index is 0.0606. The van der Waals surface area contributed by atoms with E-state index in [2.05, 4.69) is 76.2 Å². The Morgan fingerprint density at radius 3 is 2.00 bits per heavy atom. The van der Waals surface area contributed by atoms with Gasteiger partial charge < -0.3 is 18.6 Å². The average molecular weight is 533 g/mol. The third-order valence-electron chi connectivity index (χ3n) is 7.89. The van der Waals surface area contributed by atoms with Crippen molar-refractivity contribution >= 4 is 24.7 Å². The van der Waals surface area contributed by atoms with E-state index in [-0.39, 0.29) is 23.7 Å². The monoisotopic (exact) mass is 532 g/mol. The second-order valence-corrected chi connectivity index (χ2v) is 15.4. The van der Waals surface area contributed by atoms with Crippen molar-refractivity contribution in [3.05, 3.63) is 90.5 Å². The first kappa shape index (κ1) is 28.1. The molecule has 0 radical (unpaired) electrons. The highest BCUT2D eigenvalue weighted by molar-refractivity contribution is 6.99. The first-order valence-corrected chi connectivity index (χ1v) is 15.3. The van der Waals surface area contributed by atoms with E-state index in [1.807, 2.05) is 36.4 Å². The Morgan fingerprint density at radius 2 is 1.50 bits per heavy atom. The molecule has 0 spiro atoms. The van der Waals surface area contributed by atoms with E-state index < -0.39 is 13.7 Å². The molecule has 0 amide bonds. The Morgan fingerprint density at radius 1 is 0.921 bits per heavy atom. The molecular weight excluding hydrogens is 492 g/mol. The number of carbonyl (C=O) groups excluding carboxylic acids is 1. The molecule has 0 heterocycles. The van der Waals surface area contributed by atoms with Gasteiger partial charge in [0.15, 0.2) is 6.79 Å². The Balaban J connectivity index is 1.42. The molecule has 0 aliphatic heterocycles. The van der Waals surface area contributed by atoms with Gasteiger partial charge >= 0.3 is 5.97 Å². The number of ether oxygens (including phenoxy) is 3. The Hall–Kier alpha value is -2.93. The SMILES string of the molecule is CCC1(C(=O)OCOCc2ccc(OC)cc2)CC1CO[Si](c1ccccc1)(c1ccccc1)C(C)(C)C. The van der Waals surface area contributed by atoms with E-state index >= 15 is 0 Å². The van der Waals surface area contributed by atoms with Crippen LogP contribution in [0.3, 0.4) is 0 Å². The van der Waals surface area contributed by atoms with Crippen LogP contribution in [0.15, 0.2) is 84.9 Å². The number of hydrogen-bond donors (Lipinski definition) is 0. The molecule has 1 saturated carbocycles. The molecule has 2 unspecified atom stereocenters. The molecule has 3 aromatic carbocycles. The molecule has 202 valence electrons. The van der Waals surface area contributed by atoms with E-state index in [0.717, 1.165) is 24.2 Å². The Bertz CT molecular complexity index is 1130. The summed E-state index contributed by atoms with van der Waals surface area (Å²) in [4.78, 5) is 13.2. The lowest BCUT2D eigenvalue weighted by Crippen LogP contribution is -2.66. The Kier molecular flexibility index (Phi) is 8.76. The molecule has 0 N–H and O–H groups in total. The van der Waals surface area contributed by atoms with Gasteiger partial charge in [-0.3, -0.25) is 4.79 Å². The van der Waals surface area contributed by atoms with E-state index in [1.54, 1.807) is 7.11 Å². The van der Waals surface area contributed by atoms with E-state index in [9.17, 15) is 4.79 Å². The molecule has 38 heavy (non-hydrogen) atoms. The van der Waals surface area contributed by atoms with Crippen molar-refractivity contribution in [1.29, 1.82) is 0 Å². The van der Waals surface area contributed by atoms with Crippen LogP contribution >= 0.6 is 0 Å². The van der Waals surface area contributed by atoms with E-state index in [1.165, 1.54) is 10.4 Å². The largest absolute Gasteiger partial charge is 0.497 e. The van der Waals surface area contributed by atoms with Crippen molar-refractivity contribution in [2.45, 2.75) is 52.2 Å². The summed E-state index contributed by atoms with van der Waals surface area (Å²) in [7, 11) is -1.01. The second-order valence-electron chi connectivity index (χ2n) is 11.1. The van der Waals surface area contributed by atoms with Crippen molar-refractivity contribution < 1.29 is 23.4 Å². The predicted molar refractivity (Wildman–Crippen MR) is 153 cm³/mol. The van der Waals surface area contributed by atoms with Crippen LogP contribution in [0.1, 0.15) is 46.1 Å². The second kappa shape index (κ2) is 11.8. The third-order valence-corrected chi connectivity index (χ3v) is 12.9. The van der Waals surface area contributed by atoms with Gasteiger partial charge in [-0.25, -0.2) is 0 Å². The van der Waals surface area contributed by atoms with Gasteiger partial charge in [0.1, 0.15) is 5.75 Å². The van der Waals surface area contributed by atoms with Gasteiger partial charge in [-0.05, 0) is 51.9 Å². The average Bonchev–Trinajstić information content (AvgIpc) is 3.67. The maximum Gasteiger partial charge on any atom is 0.314 e. The van der Waals surface area contributed by atoms with Gasteiger partial charge in [0.2, 0.25) is 0 Å². The lowest BCUT2D eigenvalue weighted by molar-refractivity contribution is -0.165. The molecule has 1 aliphatic rings. The first-order valence-electron chi connectivity index (χ1n) is 13.4. The van der Waals surface area contributed by atoms with Crippen LogP contribution in [0, 0.1) is 11.3 Å². The van der Waals surface area contributed by atoms with Crippen molar-refractivity contribution in [3.63, 3.8) is 0 Å². The van der Waals surface area contributed by atoms with Crippen LogP contribution in [-0.4, -0.2) is 34.8 Å². The van der Waals surface area contributed by atoms with Crippen LogP contribution in [0.5, 0.6) is 5.75 Å². The predicted octanol–water partition coefficient (Wildman–Crippen LogP) is 5.71. The molecule has 2 atom stereocenters. The molecule has 0 aromatic heterocycles. The fourth-order valence-electron chi connectivity index (χ4n) is 5.53. The minimum atomic E-state index is -2.64. The van der Waals surface area contributed by atoms with E-state index in [0.29, 0.717) is 13.2 Å². The molecule has 5 nitrogen and oxygen atoms in total. The molecule has 1 aliphatic carbocycles. The molecule has 3 aromatic rings. The highest BCUT2D eigenvalue weighted by Gasteiger charge is 2.61. The lowest BCUT2D eigenvalue weighted by atomic mass is 10.0. The summed E-state index contributed by atoms with van der Waals surface area (Å²) in [6.07, 6.45) is 1.50. The van der Waals surface area contributed by atoms with Crippen LogP contribution in [-0.2, 0) is 25.3 Å². The van der Waals surface area contributed by atoms with Gasteiger partial charge in [-0.1, -0.05) is 100 Å². The summed E-state index contributed by atoms with van der Waals surface area (Å²) in [5.41, 5.74) is 0.490. The molecule has 4 rings (SSSR count). The first-order chi connectivity index (χ1) is 18.3. The summed E-state index contributed by atoms with van der Waals surface area (Å²) in [6, 6.07) is 28.9. The van der Waals surface area contributed by atoms with Crippen LogP contribution in [0.4, 0.5) is 0 Å². The number of rotatable bonds is 12. The van der Waals surface area contributed by atoms with Crippen LogP contribution < -0.4 is 15.1 Å². The summed E-state index contributed by atoms with van der Waals surface area (Å²) >= 11 is 0. The molecule has 6 heteroatoms. The molecular formula is C32H40O5Si. The fourth-order valence-corrected chi connectivity index (χ4v) is 10.1. The Labute approximate surface area is 228 Å². The molecule has 1 fully saturated rings. The van der Waals surface area contributed by atoms with Gasteiger partial charge in [-0.15, -0.1) is 0 Å². The number of methoxy groups -OCH3 is 1. The smallest absolute Gasteiger partial charge is 0.314 e. The zero-order chi connectivity index (χ0) is 27.2. The highest BCUT2D eigenvalue weighted by Crippen LogP contribution is 2.56. The maximum absolute atomic E-state index is 13.2. The minimum Gasteiger partial charge on any atom is -0.497 e. The normalized spacial score (nSPS) is 19.1. The van der Waals surface area contributed by atoms with Crippen molar-refractivity contribution in [2.24, 2.45) is 11.3 Å². The summed E-state index contributed by atoms with van der Waals surface area (Å²) < 4.78 is 23.5. The third kappa shape index (κ3) is 5.72. The van der Waals surface area contributed by atoms with Crippen molar-refractivity contribution in [3.8, 4) is 5.75 Å². The number of hydrogen-bond acceptors (Lipinski definition) is 5. The van der Waals surface area contributed by atoms with Crippen molar-refractivity contribution in [2.75, 3.05) is 20.5 Å². The highest BCUT2D eigenvalue weighted by atomic mass is 28.4. The van der Waals surface area contributed by atoms with Gasteiger partial charge in [0.25, 0.3) is 8.32 Å². The molecule has 0 saturated heterocycles. The number of benzene rings is 3. The van der Waals surface area contributed by atoms with E-state index in [4.69, 9.17) is 18.6 Å². The lowest BCUT2D eigenvalue weighted by Gasteiger charge is -2.43. The number of esters is 1. The van der Waals surface area contributed by atoms with Crippen molar-refractivity contribution in [1.82, 2.24) is 0 Å². The quantitative estimate of drug-likeness (QED) is 0.130. The zero-order valence-corrected chi connectivity index (χ0v) is 24.2. The summed E-state index contributed by atoms with van der Waals surface area (Å²) in [5, 5.41) is 2.39. The maximum atomic E-state index is 13.2. The number of carbonyl (C=O) groups is 1. The summed E-state index contributed by atoms with van der Waals surface area (Å²) in [6.45, 7) is 9.71. The fraction of sp³-hybridized carbons (Fsp3) is 0.406. The van der Waals surface area contributed by atoms with Gasteiger partial charge in [0.05, 0.1) is 19.1 Å². The zero-order valence-electron chi connectivity index (χ0n) is 23.2. The topological polar surface area (TPSA) is 54.0 Å². The van der Waals surface area contributed by atoms with Crippen LogP contribution in [0.2, 0.25) is 5.04 Å². The van der Waals surface area contributed by atoms with Gasteiger partial charge in [-0.2, -0.15) is 0 Å². The summed E-state index contributed by atoms with van der Waals surface area (Å²) in [5.74, 6) is 0.735. The standard InChI is InChI=1S/C32H40O5Si/c1-6-32(30(33)36-24-35-22-25-17-19-27(34-5)20-18-25)21-26(32)23-37-38(31(2,3)4,28-13-9-7-10-14-28)29-15-11-8-12-16-29/h7-20,26H,6,21-24H2,1-5H3.